The number of halogens is 2. The van der Waals surface area contributed by atoms with Crippen LogP contribution in [-0.2, 0) is 13.2 Å². The highest BCUT2D eigenvalue weighted by molar-refractivity contribution is 7.71. The van der Waals surface area contributed by atoms with Crippen LogP contribution in [0.5, 0.6) is 0 Å². The summed E-state index contributed by atoms with van der Waals surface area (Å²) in [5.41, 5.74) is 0.548. The molecule has 1 N–H and O–H groups in total. The van der Waals surface area contributed by atoms with E-state index in [4.69, 9.17) is 28.9 Å². The standard InChI is InChI=1S/C17H20ClFN4S/c1-21(9-13-14(18)3-2-4-15(13)19)10-22-17(24)23(12-7-8-12)16(20-22)11-5-6-11/h2-4,11-12H,5-10H2,1H3/p+1. The zero-order valence-electron chi connectivity index (χ0n) is 13.6. The molecule has 4 nitrogen and oxygen atoms in total. The first-order chi connectivity index (χ1) is 11.5. The summed E-state index contributed by atoms with van der Waals surface area (Å²) in [6.45, 7) is 1.12. The van der Waals surface area contributed by atoms with E-state index in [9.17, 15) is 4.39 Å². The third-order valence-electron chi connectivity index (χ3n) is 4.71. The summed E-state index contributed by atoms with van der Waals surface area (Å²) in [7, 11) is 2.01. The molecule has 24 heavy (non-hydrogen) atoms. The number of quaternary nitrogens is 1. The molecule has 7 heteroatoms. The summed E-state index contributed by atoms with van der Waals surface area (Å²) in [4.78, 5) is 1.10. The third kappa shape index (κ3) is 3.15. The van der Waals surface area contributed by atoms with Crippen molar-refractivity contribution in [1.82, 2.24) is 14.3 Å². The second kappa shape index (κ2) is 6.24. The van der Waals surface area contributed by atoms with E-state index in [1.807, 2.05) is 11.7 Å². The molecule has 1 atom stereocenters. The Morgan fingerprint density at radius 3 is 2.71 bits per heavy atom. The summed E-state index contributed by atoms with van der Waals surface area (Å²) < 4.78 is 19.0. The van der Waals surface area contributed by atoms with Gasteiger partial charge in [-0.15, -0.1) is 0 Å². The predicted molar refractivity (Wildman–Crippen MR) is 93.3 cm³/mol. The molecule has 2 fully saturated rings. The normalized spacial score (nSPS) is 18.8. The van der Waals surface area contributed by atoms with Gasteiger partial charge in [0.25, 0.3) is 0 Å². The molecular weight excluding hydrogens is 347 g/mol. The lowest BCUT2D eigenvalue weighted by atomic mass is 10.2. The first-order valence-electron chi connectivity index (χ1n) is 8.48. The summed E-state index contributed by atoms with van der Waals surface area (Å²) in [6, 6.07) is 5.36. The van der Waals surface area contributed by atoms with Gasteiger partial charge >= 0.3 is 0 Å². The van der Waals surface area contributed by atoms with E-state index in [-0.39, 0.29) is 5.82 Å². The van der Waals surface area contributed by atoms with Crippen molar-refractivity contribution in [3.8, 4) is 0 Å². The molecule has 0 aliphatic heterocycles. The molecule has 128 valence electrons. The fraction of sp³-hybridized carbons (Fsp3) is 0.529. The molecule has 2 aliphatic rings. The van der Waals surface area contributed by atoms with Crippen molar-refractivity contribution in [2.45, 2.75) is 50.9 Å². The smallest absolute Gasteiger partial charge is 0.203 e. The Morgan fingerprint density at radius 2 is 2.08 bits per heavy atom. The maximum Gasteiger partial charge on any atom is 0.203 e. The fourth-order valence-corrected chi connectivity index (χ4v) is 3.73. The minimum Gasteiger partial charge on any atom is -0.315 e. The van der Waals surface area contributed by atoms with E-state index in [0.717, 1.165) is 15.5 Å². The van der Waals surface area contributed by atoms with Gasteiger partial charge in [0.2, 0.25) is 4.77 Å². The minimum atomic E-state index is -0.257. The highest BCUT2D eigenvalue weighted by Crippen LogP contribution is 2.44. The maximum atomic E-state index is 14.0. The van der Waals surface area contributed by atoms with Crippen molar-refractivity contribution in [2.24, 2.45) is 0 Å². The first-order valence-corrected chi connectivity index (χ1v) is 9.26. The molecule has 1 aromatic heterocycles. The number of nitrogens with zero attached hydrogens (tertiary/aromatic N) is 3. The van der Waals surface area contributed by atoms with Gasteiger partial charge < -0.3 is 9.47 Å². The van der Waals surface area contributed by atoms with Crippen LogP contribution in [0.3, 0.4) is 0 Å². The monoisotopic (exact) mass is 367 g/mol. The lowest BCUT2D eigenvalue weighted by molar-refractivity contribution is -0.917. The molecular formula is C17H21ClFN4S+. The highest BCUT2D eigenvalue weighted by Gasteiger charge is 2.36. The minimum absolute atomic E-state index is 0.257. The van der Waals surface area contributed by atoms with E-state index in [2.05, 4.69) is 4.57 Å². The molecule has 4 rings (SSSR count). The van der Waals surface area contributed by atoms with E-state index in [0.29, 0.717) is 35.8 Å². The van der Waals surface area contributed by atoms with Gasteiger partial charge in [0.05, 0.1) is 17.6 Å². The topological polar surface area (TPSA) is 27.2 Å². The molecule has 0 bridgehead atoms. The summed E-state index contributed by atoms with van der Waals surface area (Å²) in [6.07, 6.45) is 4.83. The second-order valence-electron chi connectivity index (χ2n) is 7.01. The Morgan fingerprint density at radius 1 is 1.33 bits per heavy atom. The van der Waals surface area contributed by atoms with Crippen LogP contribution >= 0.6 is 23.8 Å². The first kappa shape index (κ1) is 16.2. The second-order valence-corrected chi connectivity index (χ2v) is 7.78. The van der Waals surface area contributed by atoms with Crippen LogP contribution in [0.4, 0.5) is 4.39 Å². The van der Waals surface area contributed by atoms with Crippen LogP contribution in [0, 0.1) is 10.6 Å². The number of rotatable bonds is 6. The number of nitrogens with one attached hydrogen (secondary N) is 1. The van der Waals surface area contributed by atoms with Crippen molar-refractivity contribution in [3.63, 3.8) is 0 Å². The van der Waals surface area contributed by atoms with Crippen molar-refractivity contribution in [1.29, 1.82) is 0 Å². The van der Waals surface area contributed by atoms with Gasteiger partial charge in [-0.25, -0.2) is 4.39 Å². The van der Waals surface area contributed by atoms with Crippen molar-refractivity contribution in [3.05, 3.63) is 45.2 Å². The molecule has 2 aromatic rings. The molecule has 2 saturated carbocycles. The maximum absolute atomic E-state index is 14.0. The molecule has 1 unspecified atom stereocenters. The van der Waals surface area contributed by atoms with Crippen LogP contribution in [0.1, 0.15) is 49.0 Å². The van der Waals surface area contributed by atoms with Crippen LogP contribution in [0.2, 0.25) is 5.02 Å². The Kier molecular flexibility index (Phi) is 4.22. The van der Waals surface area contributed by atoms with Crippen LogP contribution in [-0.4, -0.2) is 21.4 Å². The Balaban J connectivity index is 1.55. The molecule has 1 heterocycles. The van der Waals surface area contributed by atoms with Crippen LogP contribution in [0.25, 0.3) is 0 Å². The summed E-state index contributed by atoms with van der Waals surface area (Å²) in [5, 5.41) is 5.26. The lowest BCUT2D eigenvalue weighted by Crippen LogP contribution is -3.07. The van der Waals surface area contributed by atoms with Gasteiger partial charge in [-0.05, 0) is 50.0 Å². The van der Waals surface area contributed by atoms with Gasteiger partial charge in [-0.1, -0.05) is 17.7 Å². The summed E-state index contributed by atoms with van der Waals surface area (Å²) >= 11 is 11.8. The molecule has 0 saturated heterocycles. The SMILES string of the molecule is C[NH+](Cc1c(F)cccc1Cl)Cn1nc(C2CC2)n(C2CC2)c1=S. The molecule has 0 radical (unpaired) electrons. The Bertz CT molecular complexity index is 802. The van der Waals surface area contributed by atoms with E-state index < -0.39 is 0 Å². The zero-order chi connectivity index (χ0) is 16.8. The Labute approximate surface area is 150 Å². The van der Waals surface area contributed by atoms with E-state index >= 15 is 0 Å². The molecule has 0 spiro atoms. The largest absolute Gasteiger partial charge is 0.315 e. The quantitative estimate of drug-likeness (QED) is 0.794. The predicted octanol–water partition coefficient (Wildman–Crippen LogP) is 3.09. The number of benzene rings is 1. The number of hydrogen-bond acceptors (Lipinski definition) is 2. The third-order valence-corrected chi connectivity index (χ3v) is 5.47. The highest BCUT2D eigenvalue weighted by atomic mass is 35.5. The molecule has 0 amide bonds. The van der Waals surface area contributed by atoms with Gasteiger partial charge in [0.15, 0.2) is 6.67 Å². The van der Waals surface area contributed by atoms with Gasteiger partial charge in [0, 0.05) is 12.0 Å². The van der Waals surface area contributed by atoms with Crippen molar-refractivity contribution >= 4 is 23.8 Å². The Hall–Kier alpha value is -1.24. The average molecular weight is 368 g/mol. The molecule has 1 aromatic carbocycles. The van der Waals surface area contributed by atoms with E-state index in [1.54, 1.807) is 12.1 Å². The van der Waals surface area contributed by atoms with Crippen LogP contribution < -0.4 is 4.90 Å². The van der Waals surface area contributed by atoms with Crippen LogP contribution in [0.15, 0.2) is 18.2 Å². The van der Waals surface area contributed by atoms with Crippen molar-refractivity contribution < 1.29 is 9.29 Å². The zero-order valence-corrected chi connectivity index (χ0v) is 15.2. The van der Waals surface area contributed by atoms with Gasteiger partial charge in [-0.2, -0.15) is 9.78 Å². The average Bonchev–Trinajstić information content (AvgIpc) is 3.43. The molecule has 2 aliphatic carbocycles. The van der Waals surface area contributed by atoms with Gasteiger partial charge in [-0.3, -0.25) is 0 Å². The number of aromatic nitrogens is 3. The van der Waals surface area contributed by atoms with E-state index in [1.165, 1.54) is 31.7 Å². The number of hydrogen-bond donors (Lipinski definition) is 1. The van der Waals surface area contributed by atoms with Gasteiger partial charge in [0.1, 0.15) is 18.2 Å². The van der Waals surface area contributed by atoms with Crippen molar-refractivity contribution in [2.75, 3.05) is 7.05 Å². The fourth-order valence-electron chi connectivity index (χ4n) is 3.15. The lowest BCUT2D eigenvalue weighted by Gasteiger charge is -2.15. The summed E-state index contributed by atoms with van der Waals surface area (Å²) in [5.74, 6) is 1.47.